The van der Waals surface area contributed by atoms with E-state index in [-0.39, 0.29) is 6.01 Å². The van der Waals surface area contributed by atoms with Crippen LogP contribution in [0.4, 0.5) is 11.6 Å². The molecule has 0 fully saturated rings. The quantitative estimate of drug-likeness (QED) is 0.669. The molecule has 130 valence electrons. The van der Waals surface area contributed by atoms with Crippen LogP contribution in [0.25, 0.3) is 0 Å². The zero-order valence-corrected chi connectivity index (χ0v) is 17.2. The van der Waals surface area contributed by atoms with Gasteiger partial charge in [-0.2, -0.15) is 0 Å². The number of rotatable bonds is 4. The van der Waals surface area contributed by atoms with Crippen molar-refractivity contribution < 1.29 is 4.74 Å². The van der Waals surface area contributed by atoms with Gasteiger partial charge in [0.1, 0.15) is 0 Å². The van der Waals surface area contributed by atoms with Crippen molar-refractivity contribution in [2.75, 3.05) is 5.32 Å². The third-order valence-electron chi connectivity index (χ3n) is 3.70. The first kappa shape index (κ1) is 17.9. The molecule has 3 aromatic rings. The fraction of sp³-hybridized carbons (Fsp3) is 0.158. The van der Waals surface area contributed by atoms with Crippen molar-refractivity contribution in [1.29, 1.82) is 5.26 Å². The molecule has 1 aromatic heterocycles. The topological polar surface area (TPSA) is 83.7 Å². The van der Waals surface area contributed by atoms with E-state index in [4.69, 9.17) is 10.00 Å². The molecule has 1 N–H and O–H groups in total. The second-order valence-electron chi connectivity index (χ2n) is 5.94. The Morgan fingerprint density at radius 1 is 1.00 bits per heavy atom. The molecule has 7 heteroatoms. The summed E-state index contributed by atoms with van der Waals surface area (Å²) in [5, 5.41) is 12.0. The van der Waals surface area contributed by atoms with Crippen molar-refractivity contribution in [2.45, 2.75) is 20.8 Å². The maximum atomic E-state index is 8.88. The van der Waals surface area contributed by atoms with E-state index in [9.17, 15) is 0 Å². The van der Waals surface area contributed by atoms with Crippen LogP contribution in [0, 0.1) is 32.1 Å². The Morgan fingerprint density at radius 2 is 1.65 bits per heavy atom. The van der Waals surface area contributed by atoms with Crippen LogP contribution >= 0.6 is 0 Å². The summed E-state index contributed by atoms with van der Waals surface area (Å²) >= 11 is 1.28. The third kappa shape index (κ3) is 4.19. The fourth-order valence-corrected chi connectivity index (χ4v) is 3.14. The summed E-state index contributed by atoms with van der Waals surface area (Å²) in [6, 6.07) is 13.6. The van der Waals surface area contributed by atoms with Crippen molar-refractivity contribution in [3.8, 4) is 17.8 Å². The van der Waals surface area contributed by atoms with Crippen LogP contribution in [-0.2, 0) is 0 Å². The van der Waals surface area contributed by atoms with Crippen molar-refractivity contribution in [3.05, 3.63) is 58.7 Å². The van der Waals surface area contributed by atoms with E-state index >= 15 is 0 Å². The van der Waals surface area contributed by atoms with E-state index in [1.54, 1.807) is 24.3 Å². The number of aryl methyl sites for hydroxylation is 3. The molecule has 3 rings (SSSR count). The van der Waals surface area contributed by atoms with Gasteiger partial charge in [0.05, 0.1) is 0 Å². The Hall–Kier alpha value is -2.90. The molecule has 26 heavy (non-hydrogen) atoms. The van der Waals surface area contributed by atoms with Crippen LogP contribution in [0.2, 0.25) is 0 Å². The predicted molar refractivity (Wildman–Crippen MR) is 103 cm³/mol. The number of aromatic nitrogens is 3. The Bertz CT molecular complexity index is 973. The summed E-state index contributed by atoms with van der Waals surface area (Å²) in [5.41, 5.74) is 4.64. The summed E-state index contributed by atoms with van der Waals surface area (Å²) < 4.78 is 6.57. The molecule has 0 amide bonds. The van der Waals surface area contributed by atoms with Gasteiger partial charge in [0, 0.05) is 0 Å². The first-order valence-electron chi connectivity index (χ1n) is 7.99. The van der Waals surface area contributed by atoms with Gasteiger partial charge < -0.3 is 0 Å². The average Bonchev–Trinajstić information content (AvgIpc) is 2.58. The molecule has 6 nitrogen and oxygen atoms in total. The van der Waals surface area contributed by atoms with E-state index in [0.717, 1.165) is 22.6 Å². The van der Waals surface area contributed by atoms with Crippen molar-refractivity contribution in [3.63, 3.8) is 0 Å². The monoisotopic (exact) mass is 407 g/mol. The molecular formula is C19H18AsN5O. The molecular weight excluding hydrogens is 389 g/mol. The van der Waals surface area contributed by atoms with Crippen molar-refractivity contribution in [1.82, 2.24) is 15.0 Å². The SMILES string of the molecule is Cc1cc(C)c(Oc2nc([AsH2])nc(Nc3ccc(C#N)cc3)n2)c(C)c1. The number of benzene rings is 2. The van der Waals surface area contributed by atoms with Crippen molar-refractivity contribution in [2.24, 2.45) is 0 Å². The van der Waals surface area contributed by atoms with E-state index < -0.39 is 0 Å². The number of ether oxygens (including phenoxy) is 1. The van der Waals surface area contributed by atoms with Gasteiger partial charge in [-0.3, -0.25) is 0 Å². The Labute approximate surface area is 160 Å². The molecule has 0 aliphatic rings. The minimum atomic E-state index is 0.255. The molecule has 0 aliphatic carbocycles. The number of anilines is 2. The molecule has 2 aromatic carbocycles. The number of nitrogens with one attached hydrogen (secondary N) is 1. The van der Waals surface area contributed by atoms with Gasteiger partial charge in [-0.1, -0.05) is 0 Å². The Balaban J connectivity index is 1.87. The van der Waals surface area contributed by atoms with E-state index in [1.165, 1.54) is 22.4 Å². The summed E-state index contributed by atoms with van der Waals surface area (Å²) in [6.45, 7) is 6.06. The first-order chi connectivity index (χ1) is 12.4. The molecule has 0 saturated heterocycles. The zero-order valence-electron chi connectivity index (χ0n) is 14.7. The van der Waals surface area contributed by atoms with Gasteiger partial charge in [-0.25, -0.2) is 0 Å². The molecule has 0 spiro atoms. The second-order valence-corrected chi connectivity index (χ2v) is 7.03. The van der Waals surface area contributed by atoms with Crippen LogP contribution in [0.1, 0.15) is 22.3 Å². The van der Waals surface area contributed by atoms with Gasteiger partial charge in [0.2, 0.25) is 0 Å². The minimum absolute atomic E-state index is 0.255. The normalized spacial score (nSPS) is 10.3. The molecule has 1 atom stereocenters. The van der Waals surface area contributed by atoms with Crippen LogP contribution in [0.5, 0.6) is 11.8 Å². The number of hydrogen-bond acceptors (Lipinski definition) is 6. The van der Waals surface area contributed by atoms with E-state index in [1.807, 2.05) is 13.8 Å². The average molecular weight is 407 g/mol. The number of nitrogens with zero attached hydrogens (tertiary/aromatic N) is 4. The van der Waals surface area contributed by atoms with Gasteiger partial charge in [0.15, 0.2) is 0 Å². The van der Waals surface area contributed by atoms with Crippen LogP contribution in [-0.4, -0.2) is 31.8 Å². The molecule has 1 heterocycles. The van der Waals surface area contributed by atoms with E-state index in [0.29, 0.717) is 16.1 Å². The van der Waals surface area contributed by atoms with Crippen molar-refractivity contribution >= 4 is 33.1 Å². The van der Waals surface area contributed by atoms with Crippen LogP contribution in [0.15, 0.2) is 36.4 Å². The summed E-state index contributed by atoms with van der Waals surface area (Å²) in [5.74, 6) is 1.17. The number of hydrogen-bond donors (Lipinski definition) is 1. The maximum absolute atomic E-state index is 8.88. The predicted octanol–water partition coefficient (Wildman–Crippen LogP) is 2.46. The van der Waals surface area contributed by atoms with Gasteiger partial charge in [-0.15, -0.1) is 0 Å². The van der Waals surface area contributed by atoms with Gasteiger partial charge in [-0.05, 0) is 0 Å². The Kier molecular flexibility index (Phi) is 5.20. The van der Waals surface area contributed by atoms with Gasteiger partial charge >= 0.3 is 161 Å². The Morgan fingerprint density at radius 3 is 2.27 bits per heavy atom. The van der Waals surface area contributed by atoms with E-state index in [2.05, 4.69) is 45.4 Å². The van der Waals surface area contributed by atoms with Crippen LogP contribution < -0.4 is 14.7 Å². The summed E-state index contributed by atoms with van der Waals surface area (Å²) in [4.78, 5) is 13.0. The molecule has 1 unspecified atom stereocenters. The molecule has 0 radical (unpaired) electrons. The zero-order chi connectivity index (χ0) is 18.7. The van der Waals surface area contributed by atoms with Crippen LogP contribution in [0.3, 0.4) is 0 Å². The first-order valence-corrected chi connectivity index (χ1v) is 9.20. The van der Waals surface area contributed by atoms with Gasteiger partial charge in [0.25, 0.3) is 0 Å². The molecule has 0 bridgehead atoms. The fourth-order valence-electron chi connectivity index (χ4n) is 2.65. The molecule has 0 saturated carbocycles. The molecule has 0 aliphatic heterocycles. The third-order valence-corrected chi connectivity index (χ3v) is 4.24. The second kappa shape index (κ2) is 7.55. The summed E-state index contributed by atoms with van der Waals surface area (Å²) in [6.07, 6.45) is 0. The standard InChI is InChI=1S/C19H18AsN5O/c1-11-8-12(2)16(13(3)9-11)26-19-24-17(20)23-18(25-19)22-15-6-4-14(10-21)5-7-15/h4-9H,20H2,1-3H3,(H,22,23,24,25). The number of nitriles is 1. The summed E-state index contributed by atoms with van der Waals surface area (Å²) in [7, 11) is 0.